The van der Waals surface area contributed by atoms with Gasteiger partial charge >= 0.3 is 0 Å². The minimum Gasteiger partial charge on any atom is -0.378 e. The van der Waals surface area contributed by atoms with Gasteiger partial charge in [0.1, 0.15) is 5.66 Å². The standard InChI is InChI=1S/C32H35N5O2/c1-22(38)37-30(24-13-15-25(16-14-24)35(2)3)21-29(34-37)23-11-17-26(18-12-23)36-31(39)27-9-5-6-10-28(27)33-32(36)19-7-4-8-20-32/h5-6,9-18,30,33H,4,7-8,19-21H2,1-3H3. The first-order valence-corrected chi connectivity index (χ1v) is 13.8. The fourth-order valence-corrected chi connectivity index (χ4v) is 6.28. The highest BCUT2D eigenvalue weighted by molar-refractivity contribution is 6.13. The zero-order valence-corrected chi connectivity index (χ0v) is 22.9. The number of nitrogens with zero attached hydrogens (tertiary/aromatic N) is 4. The molecular formula is C32H35N5O2. The fraction of sp³-hybridized carbons (Fsp3) is 0.344. The maximum atomic E-state index is 13.8. The van der Waals surface area contributed by atoms with E-state index in [1.54, 1.807) is 11.9 Å². The Morgan fingerprint density at radius 1 is 0.949 bits per heavy atom. The highest BCUT2D eigenvalue weighted by Crippen LogP contribution is 2.43. The molecule has 1 fully saturated rings. The Bertz CT molecular complexity index is 1420. The number of para-hydroxylation sites is 1. The molecule has 2 heterocycles. The predicted molar refractivity (Wildman–Crippen MR) is 156 cm³/mol. The van der Waals surface area contributed by atoms with Crippen molar-refractivity contribution in [3.63, 3.8) is 0 Å². The van der Waals surface area contributed by atoms with E-state index in [1.807, 2.05) is 67.5 Å². The van der Waals surface area contributed by atoms with Crippen LogP contribution < -0.4 is 15.1 Å². The first kappa shape index (κ1) is 25.2. The van der Waals surface area contributed by atoms with Crippen LogP contribution in [0.15, 0.2) is 77.9 Å². The third kappa shape index (κ3) is 4.46. The summed E-state index contributed by atoms with van der Waals surface area (Å²) in [4.78, 5) is 30.4. The van der Waals surface area contributed by atoms with Gasteiger partial charge in [-0.25, -0.2) is 5.01 Å². The molecule has 39 heavy (non-hydrogen) atoms. The van der Waals surface area contributed by atoms with Crippen molar-refractivity contribution < 1.29 is 9.59 Å². The van der Waals surface area contributed by atoms with Crippen molar-refractivity contribution in [2.24, 2.45) is 5.10 Å². The van der Waals surface area contributed by atoms with E-state index in [0.717, 1.165) is 59.6 Å². The van der Waals surface area contributed by atoms with Crippen LogP contribution in [-0.2, 0) is 4.79 Å². The second kappa shape index (κ2) is 9.88. The van der Waals surface area contributed by atoms with Gasteiger partial charge in [-0.1, -0.05) is 42.8 Å². The highest BCUT2D eigenvalue weighted by Gasteiger charge is 2.46. The summed E-state index contributed by atoms with van der Waals surface area (Å²) >= 11 is 0. The number of hydrogen-bond acceptors (Lipinski definition) is 5. The molecule has 7 nitrogen and oxygen atoms in total. The lowest BCUT2D eigenvalue weighted by molar-refractivity contribution is -0.130. The molecule has 3 aromatic rings. The first-order valence-electron chi connectivity index (χ1n) is 13.8. The molecule has 0 bridgehead atoms. The Labute approximate surface area is 230 Å². The van der Waals surface area contributed by atoms with E-state index in [9.17, 15) is 9.59 Å². The number of hydrogen-bond donors (Lipinski definition) is 1. The normalized spacial score (nSPS) is 19.9. The highest BCUT2D eigenvalue weighted by atomic mass is 16.2. The molecule has 3 aliphatic rings. The molecular weight excluding hydrogens is 486 g/mol. The molecule has 1 aliphatic carbocycles. The van der Waals surface area contributed by atoms with Gasteiger partial charge < -0.3 is 10.2 Å². The Balaban J connectivity index is 1.29. The molecule has 0 radical (unpaired) electrons. The number of carbonyl (C=O) groups excluding carboxylic acids is 2. The molecule has 1 spiro atoms. The molecule has 1 atom stereocenters. The molecule has 1 unspecified atom stereocenters. The topological polar surface area (TPSA) is 68.2 Å². The van der Waals surface area contributed by atoms with Crippen LogP contribution in [0.25, 0.3) is 0 Å². The number of benzene rings is 3. The van der Waals surface area contributed by atoms with Crippen molar-refractivity contribution in [3.8, 4) is 0 Å². The van der Waals surface area contributed by atoms with Crippen LogP contribution in [0.2, 0.25) is 0 Å². The number of anilines is 3. The number of nitrogens with one attached hydrogen (secondary N) is 1. The molecule has 200 valence electrons. The predicted octanol–water partition coefficient (Wildman–Crippen LogP) is 6.18. The number of carbonyl (C=O) groups is 2. The SMILES string of the molecule is CC(=O)N1N=C(c2ccc(N3C(=O)c4ccccc4NC34CCCCC4)cc2)CC1c1ccc(N(C)C)cc1. The Morgan fingerprint density at radius 2 is 1.64 bits per heavy atom. The van der Waals surface area contributed by atoms with Gasteiger partial charge in [0.25, 0.3) is 5.91 Å². The van der Waals surface area contributed by atoms with Crippen molar-refractivity contribution in [2.75, 3.05) is 29.2 Å². The van der Waals surface area contributed by atoms with E-state index in [0.29, 0.717) is 12.0 Å². The van der Waals surface area contributed by atoms with Gasteiger partial charge in [0, 0.05) is 44.5 Å². The van der Waals surface area contributed by atoms with E-state index < -0.39 is 5.66 Å². The van der Waals surface area contributed by atoms with Gasteiger partial charge in [0.05, 0.1) is 17.3 Å². The maximum Gasteiger partial charge on any atom is 0.262 e. The summed E-state index contributed by atoms with van der Waals surface area (Å²) in [7, 11) is 4.03. The van der Waals surface area contributed by atoms with Crippen LogP contribution in [0.3, 0.4) is 0 Å². The van der Waals surface area contributed by atoms with E-state index in [2.05, 4.69) is 34.5 Å². The summed E-state index contributed by atoms with van der Waals surface area (Å²) in [6.07, 6.45) is 5.85. The lowest BCUT2D eigenvalue weighted by atomic mass is 9.84. The number of rotatable bonds is 4. The Hall–Kier alpha value is -4.13. The molecule has 0 aromatic heterocycles. The van der Waals surface area contributed by atoms with Crippen LogP contribution >= 0.6 is 0 Å². The molecule has 2 amide bonds. The summed E-state index contributed by atoms with van der Waals surface area (Å²) in [6, 6.07) is 24.1. The first-order chi connectivity index (χ1) is 18.9. The zero-order chi connectivity index (χ0) is 27.1. The lowest BCUT2D eigenvalue weighted by Crippen LogP contribution is -2.61. The van der Waals surface area contributed by atoms with E-state index in [-0.39, 0.29) is 17.9 Å². The minimum absolute atomic E-state index is 0.0428. The molecule has 1 N–H and O–H groups in total. The number of fused-ring (bicyclic) bond motifs is 1. The Morgan fingerprint density at radius 3 is 2.31 bits per heavy atom. The summed E-state index contributed by atoms with van der Waals surface area (Å²) < 4.78 is 0. The van der Waals surface area contributed by atoms with E-state index >= 15 is 0 Å². The van der Waals surface area contributed by atoms with E-state index in [4.69, 9.17) is 5.10 Å². The monoisotopic (exact) mass is 521 g/mol. The molecule has 6 rings (SSSR count). The summed E-state index contributed by atoms with van der Waals surface area (Å²) in [5, 5.41) is 10.1. The number of hydrazone groups is 1. The van der Waals surface area contributed by atoms with E-state index in [1.165, 1.54) is 6.42 Å². The third-order valence-corrected chi connectivity index (χ3v) is 8.32. The quantitative estimate of drug-likeness (QED) is 0.445. The van der Waals surface area contributed by atoms with Crippen LogP contribution in [0.4, 0.5) is 17.1 Å². The third-order valence-electron chi connectivity index (χ3n) is 8.32. The van der Waals surface area contributed by atoms with Crippen molar-refractivity contribution in [2.45, 2.75) is 57.2 Å². The van der Waals surface area contributed by atoms with Gasteiger partial charge in [-0.2, -0.15) is 5.10 Å². The summed E-state index contributed by atoms with van der Waals surface area (Å²) in [6.45, 7) is 1.56. The molecule has 0 saturated heterocycles. The lowest BCUT2D eigenvalue weighted by Gasteiger charge is -2.50. The Kier molecular flexibility index (Phi) is 6.37. The van der Waals surface area contributed by atoms with Crippen molar-refractivity contribution in [1.82, 2.24) is 5.01 Å². The van der Waals surface area contributed by atoms with Crippen molar-refractivity contribution >= 4 is 34.6 Å². The second-order valence-electron chi connectivity index (χ2n) is 11.1. The van der Waals surface area contributed by atoms with Gasteiger partial charge in [-0.3, -0.25) is 14.5 Å². The minimum atomic E-state index is -0.411. The maximum absolute atomic E-state index is 13.8. The smallest absolute Gasteiger partial charge is 0.262 e. The summed E-state index contributed by atoms with van der Waals surface area (Å²) in [5.74, 6) is -0.0348. The van der Waals surface area contributed by atoms with Crippen LogP contribution in [0.5, 0.6) is 0 Å². The van der Waals surface area contributed by atoms with Gasteiger partial charge in [-0.05, 0) is 73.2 Å². The van der Waals surface area contributed by atoms with Gasteiger partial charge in [0.2, 0.25) is 5.91 Å². The van der Waals surface area contributed by atoms with Crippen LogP contribution in [0, 0.1) is 0 Å². The largest absolute Gasteiger partial charge is 0.378 e. The molecule has 3 aromatic carbocycles. The second-order valence-corrected chi connectivity index (χ2v) is 11.1. The average molecular weight is 522 g/mol. The molecule has 7 heteroatoms. The fourth-order valence-electron chi connectivity index (χ4n) is 6.28. The zero-order valence-electron chi connectivity index (χ0n) is 22.9. The average Bonchev–Trinajstić information content (AvgIpc) is 3.40. The van der Waals surface area contributed by atoms with Crippen LogP contribution in [0.1, 0.15) is 73.0 Å². The van der Waals surface area contributed by atoms with Crippen molar-refractivity contribution in [1.29, 1.82) is 0 Å². The van der Waals surface area contributed by atoms with Gasteiger partial charge in [0.15, 0.2) is 0 Å². The van der Waals surface area contributed by atoms with Crippen molar-refractivity contribution in [3.05, 3.63) is 89.5 Å². The molecule has 1 saturated carbocycles. The molecule has 2 aliphatic heterocycles. The number of amides is 2. The van der Waals surface area contributed by atoms with Gasteiger partial charge in [-0.15, -0.1) is 0 Å². The summed E-state index contributed by atoms with van der Waals surface area (Å²) in [5.41, 5.74) is 6.12. The van der Waals surface area contributed by atoms with Crippen LogP contribution in [-0.4, -0.2) is 42.3 Å².